The molecule has 4 aromatic rings. The zero-order valence-electron chi connectivity index (χ0n) is 13.8. The van der Waals surface area contributed by atoms with Gasteiger partial charge in [-0.25, -0.2) is 23.3 Å². The van der Waals surface area contributed by atoms with Crippen LogP contribution in [0, 0.1) is 23.5 Å². The molecule has 2 N–H and O–H groups in total. The highest BCUT2D eigenvalue weighted by atomic mass is 19.2. The summed E-state index contributed by atoms with van der Waals surface area (Å²) in [5.41, 5.74) is 1.38. The lowest BCUT2D eigenvalue weighted by molar-refractivity contribution is 0.0945. The molecule has 7 nitrogen and oxygen atoms in total. The number of hydrogen-bond acceptors (Lipinski definition) is 4. The van der Waals surface area contributed by atoms with Gasteiger partial charge >= 0.3 is 0 Å². The molecule has 4 rings (SSSR count). The number of aromatic nitrogens is 5. The lowest BCUT2D eigenvalue weighted by Gasteiger charge is -1.98. The van der Waals surface area contributed by atoms with E-state index in [9.17, 15) is 13.6 Å². The molecule has 3 aromatic heterocycles. The van der Waals surface area contributed by atoms with E-state index in [2.05, 4.69) is 37.2 Å². The number of imidazole rings is 2. The van der Waals surface area contributed by atoms with E-state index in [0.717, 1.165) is 6.07 Å². The van der Waals surface area contributed by atoms with Gasteiger partial charge in [0.15, 0.2) is 23.1 Å². The molecular weight excluding hydrogens is 354 g/mol. The van der Waals surface area contributed by atoms with Gasteiger partial charge in [-0.15, -0.1) is 0 Å². The van der Waals surface area contributed by atoms with Crippen molar-refractivity contribution in [1.29, 1.82) is 0 Å². The van der Waals surface area contributed by atoms with Crippen molar-refractivity contribution in [2.24, 2.45) is 0 Å². The minimum Gasteiger partial charge on any atom is -0.348 e. The van der Waals surface area contributed by atoms with Gasteiger partial charge in [0.2, 0.25) is 0 Å². The maximum absolute atomic E-state index is 13.7. The standard InChI is InChI=1S/C18H12F2N6O/c19-12-6-7-13-16(15(12)20)25-17(24-13)18(27)21-8-2-1-4-11-10-22-14-5-3-9-23-26(11)14/h3,5-7,9-10H,2,8H2,(H,21,27)(H,24,25). The van der Waals surface area contributed by atoms with E-state index < -0.39 is 17.5 Å². The molecule has 0 saturated carbocycles. The number of benzene rings is 1. The van der Waals surface area contributed by atoms with Crippen molar-refractivity contribution in [2.45, 2.75) is 6.42 Å². The highest BCUT2D eigenvalue weighted by molar-refractivity contribution is 5.94. The van der Waals surface area contributed by atoms with Crippen molar-refractivity contribution in [3.63, 3.8) is 0 Å². The van der Waals surface area contributed by atoms with Gasteiger partial charge in [-0.3, -0.25) is 4.79 Å². The molecule has 9 heteroatoms. The third-order valence-electron chi connectivity index (χ3n) is 3.79. The maximum Gasteiger partial charge on any atom is 0.287 e. The van der Waals surface area contributed by atoms with Gasteiger partial charge in [-0.2, -0.15) is 5.10 Å². The summed E-state index contributed by atoms with van der Waals surface area (Å²) in [5, 5.41) is 6.78. The number of H-pyrrole nitrogens is 1. The number of carbonyl (C=O) groups excluding carboxylic acids is 1. The predicted molar refractivity (Wildman–Crippen MR) is 92.8 cm³/mol. The molecule has 0 aliphatic rings. The minimum absolute atomic E-state index is 0.0894. The van der Waals surface area contributed by atoms with Crippen molar-refractivity contribution < 1.29 is 13.6 Å². The van der Waals surface area contributed by atoms with Gasteiger partial charge < -0.3 is 10.3 Å². The van der Waals surface area contributed by atoms with E-state index in [1.165, 1.54) is 6.07 Å². The Morgan fingerprint density at radius 1 is 1.30 bits per heavy atom. The van der Waals surface area contributed by atoms with Crippen LogP contribution in [0.2, 0.25) is 0 Å². The molecule has 0 saturated heterocycles. The van der Waals surface area contributed by atoms with Gasteiger partial charge in [0, 0.05) is 19.2 Å². The number of aromatic amines is 1. The Balaban J connectivity index is 1.38. The van der Waals surface area contributed by atoms with Gasteiger partial charge in [-0.05, 0) is 30.2 Å². The molecule has 0 unspecified atom stereocenters. The van der Waals surface area contributed by atoms with Crippen LogP contribution in [0.5, 0.6) is 0 Å². The molecule has 1 amide bonds. The van der Waals surface area contributed by atoms with Gasteiger partial charge in [0.05, 0.1) is 11.7 Å². The Hall–Kier alpha value is -3.80. The number of rotatable bonds is 3. The molecule has 1 aromatic carbocycles. The number of amides is 1. The van der Waals surface area contributed by atoms with Crippen molar-refractivity contribution in [3.05, 3.63) is 59.8 Å². The van der Waals surface area contributed by atoms with Crippen LogP contribution in [0.3, 0.4) is 0 Å². The molecule has 0 bridgehead atoms. The van der Waals surface area contributed by atoms with Crippen LogP contribution in [-0.4, -0.2) is 37.0 Å². The first-order valence-electron chi connectivity index (χ1n) is 8.03. The topological polar surface area (TPSA) is 88.0 Å². The van der Waals surface area contributed by atoms with Crippen molar-refractivity contribution >= 4 is 22.6 Å². The highest BCUT2D eigenvalue weighted by Gasteiger charge is 2.15. The molecule has 3 heterocycles. The minimum atomic E-state index is -1.09. The number of nitrogens with one attached hydrogen (secondary N) is 2. The van der Waals surface area contributed by atoms with Crippen LogP contribution in [0.1, 0.15) is 22.7 Å². The van der Waals surface area contributed by atoms with Crippen LogP contribution in [0.4, 0.5) is 8.78 Å². The molecule has 0 radical (unpaired) electrons. The molecule has 0 atom stereocenters. The zero-order chi connectivity index (χ0) is 18.8. The molecule has 134 valence electrons. The monoisotopic (exact) mass is 366 g/mol. The fourth-order valence-corrected chi connectivity index (χ4v) is 2.51. The van der Waals surface area contributed by atoms with Crippen LogP contribution in [0.15, 0.2) is 36.7 Å². The molecule has 0 aliphatic carbocycles. The fraction of sp³-hybridized carbons (Fsp3) is 0.111. The zero-order valence-corrected chi connectivity index (χ0v) is 13.8. The average molecular weight is 366 g/mol. The molecule has 27 heavy (non-hydrogen) atoms. The fourth-order valence-electron chi connectivity index (χ4n) is 2.51. The quantitative estimate of drug-likeness (QED) is 0.429. The second kappa shape index (κ2) is 6.84. The number of carbonyl (C=O) groups is 1. The SMILES string of the molecule is O=C(NCCC#Cc1cnc2cccnn12)c1nc2c(F)c(F)ccc2[nH]1. The number of fused-ring (bicyclic) bond motifs is 2. The van der Waals surface area contributed by atoms with E-state index >= 15 is 0 Å². The summed E-state index contributed by atoms with van der Waals surface area (Å²) < 4.78 is 28.5. The smallest absolute Gasteiger partial charge is 0.287 e. The Morgan fingerprint density at radius 2 is 2.19 bits per heavy atom. The molecule has 0 aliphatic heterocycles. The Bertz CT molecular complexity index is 1220. The Labute approximate surface area is 151 Å². The van der Waals surface area contributed by atoms with E-state index in [1.54, 1.807) is 23.0 Å². The first kappa shape index (κ1) is 16.7. The van der Waals surface area contributed by atoms with Crippen molar-refractivity contribution in [2.75, 3.05) is 6.54 Å². The van der Waals surface area contributed by atoms with Crippen LogP contribution in [0.25, 0.3) is 16.7 Å². The first-order chi connectivity index (χ1) is 13.1. The van der Waals surface area contributed by atoms with Crippen LogP contribution in [-0.2, 0) is 0 Å². The Morgan fingerprint density at radius 3 is 3.07 bits per heavy atom. The second-order valence-corrected chi connectivity index (χ2v) is 5.59. The lowest BCUT2D eigenvalue weighted by Crippen LogP contribution is -2.25. The largest absolute Gasteiger partial charge is 0.348 e. The van der Waals surface area contributed by atoms with E-state index in [4.69, 9.17) is 0 Å². The summed E-state index contributed by atoms with van der Waals surface area (Å²) >= 11 is 0. The predicted octanol–water partition coefficient (Wildman–Crippen LogP) is 2.06. The third kappa shape index (κ3) is 3.20. The lowest BCUT2D eigenvalue weighted by atomic mass is 10.3. The van der Waals surface area contributed by atoms with E-state index in [1.807, 2.05) is 6.07 Å². The summed E-state index contributed by atoms with van der Waals surface area (Å²) in [5.74, 6) is 3.15. The normalized spacial score (nSPS) is 10.7. The summed E-state index contributed by atoms with van der Waals surface area (Å²) in [6.07, 6.45) is 3.65. The van der Waals surface area contributed by atoms with Gasteiger partial charge in [0.25, 0.3) is 5.91 Å². The van der Waals surface area contributed by atoms with Gasteiger partial charge in [0.1, 0.15) is 11.2 Å². The second-order valence-electron chi connectivity index (χ2n) is 5.59. The van der Waals surface area contributed by atoms with Crippen LogP contribution < -0.4 is 5.32 Å². The summed E-state index contributed by atoms with van der Waals surface area (Å²) in [6.45, 7) is 0.268. The number of hydrogen-bond donors (Lipinski definition) is 2. The van der Waals surface area contributed by atoms with Gasteiger partial charge in [-0.1, -0.05) is 5.92 Å². The van der Waals surface area contributed by atoms with E-state index in [-0.39, 0.29) is 23.4 Å². The Kier molecular flexibility index (Phi) is 4.22. The average Bonchev–Trinajstić information content (AvgIpc) is 3.29. The van der Waals surface area contributed by atoms with Crippen LogP contribution >= 0.6 is 0 Å². The molecule has 0 spiro atoms. The maximum atomic E-state index is 13.7. The summed E-state index contributed by atoms with van der Waals surface area (Å²) in [4.78, 5) is 22.7. The molecule has 0 fully saturated rings. The summed E-state index contributed by atoms with van der Waals surface area (Å²) in [7, 11) is 0. The number of nitrogens with zero attached hydrogens (tertiary/aromatic N) is 4. The highest BCUT2D eigenvalue weighted by Crippen LogP contribution is 2.18. The molecular formula is C18H12F2N6O. The first-order valence-corrected chi connectivity index (χ1v) is 8.03. The third-order valence-corrected chi connectivity index (χ3v) is 3.79. The van der Waals surface area contributed by atoms with E-state index in [0.29, 0.717) is 17.8 Å². The number of halogens is 2. The van der Waals surface area contributed by atoms with Crippen molar-refractivity contribution in [1.82, 2.24) is 29.9 Å². The summed E-state index contributed by atoms with van der Waals surface area (Å²) in [6, 6.07) is 5.91. The van der Waals surface area contributed by atoms with Crippen molar-refractivity contribution in [3.8, 4) is 11.8 Å².